The Labute approximate surface area is 78.8 Å². The van der Waals surface area contributed by atoms with E-state index in [1.54, 1.807) is 18.9 Å². The van der Waals surface area contributed by atoms with E-state index in [1.807, 2.05) is 0 Å². The van der Waals surface area contributed by atoms with Crippen LogP contribution >= 0.6 is 0 Å². The van der Waals surface area contributed by atoms with Gasteiger partial charge in [-0.3, -0.25) is 0 Å². The van der Waals surface area contributed by atoms with Crippen molar-refractivity contribution in [3.8, 4) is 0 Å². The lowest BCUT2D eigenvalue weighted by molar-refractivity contribution is -0.141. The summed E-state index contributed by atoms with van der Waals surface area (Å²) in [6.07, 6.45) is 2.71. The second-order valence-corrected chi connectivity index (χ2v) is 3.50. The average molecular weight is 187 g/mol. The van der Waals surface area contributed by atoms with Crippen LogP contribution in [0.5, 0.6) is 0 Å². The van der Waals surface area contributed by atoms with Crippen LogP contribution in [-0.2, 0) is 9.57 Å². The van der Waals surface area contributed by atoms with Crippen molar-refractivity contribution in [3.63, 3.8) is 0 Å². The third-order valence-electron chi connectivity index (χ3n) is 1.85. The molecule has 0 saturated carbocycles. The van der Waals surface area contributed by atoms with E-state index in [2.05, 4.69) is 0 Å². The molecule has 1 aliphatic rings. The molecule has 4 nitrogen and oxygen atoms in total. The van der Waals surface area contributed by atoms with Gasteiger partial charge in [-0.15, -0.1) is 5.06 Å². The van der Waals surface area contributed by atoms with Gasteiger partial charge < -0.3 is 9.57 Å². The van der Waals surface area contributed by atoms with E-state index in [0.717, 1.165) is 25.9 Å². The molecule has 1 saturated heterocycles. The number of ether oxygens (including phenoxy) is 1. The zero-order valence-corrected chi connectivity index (χ0v) is 8.28. The van der Waals surface area contributed by atoms with E-state index in [9.17, 15) is 4.79 Å². The molecule has 0 unspecified atom stereocenters. The highest BCUT2D eigenvalue weighted by Crippen LogP contribution is 2.09. The monoisotopic (exact) mass is 187 g/mol. The number of carbonyl (C=O) groups excluding carboxylic acids is 1. The lowest BCUT2D eigenvalue weighted by atomic mass is 10.2. The first-order valence-corrected chi connectivity index (χ1v) is 4.82. The fourth-order valence-corrected chi connectivity index (χ4v) is 1.28. The van der Waals surface area contributed by atoms with Gasteiger partial charge in [0, 0.05) is 13.1 Å². The molecule has 0 aromatic rings. The van der Waals surface area contributed by atoms with Gasteiger partial charge in [-0.2, -0.15) is 0 Å². The summed E-state index contributed by atoms with van der Waals surface area (Å²) in [5.74, 6) is 0. The molecule has 1 aliphatic heterocycles. The quantitative estimate of drug-likeness (QED) is 0.619. The minimum absolute atomic E-state index is 0.114. The van der Waals surface area contributed by atoms with Crippen molar-refractivity contribution in [1.82, 2.24) is 5.06 Å². The first kappa shape index (κ1) is 10.3. The topological polar surface area (TPSA) is 38.8 Å². The summed E-state index contributed by atoms with van der Waals surface area (Å²) in [6, 6.07) is 0. The van der Waals surface area contributed by atoms with Gasteiger partial charge in [0.1, 0.15) is 0 Å². The zero-order chi connectivity index (χ0) is 9.68. The fraction of sp³-hybridized carbons (Fsp3) is 0.889. The Morgan fingerprint density at radius 2 is 1.85 bits per heavy atom. The van der Waals surface area contributed by atoms with E-state index >= 15 is 0 Å². The normalized spacial score (nSPS) is 18.7. The van der Waals surface area contributed by atoms with Crippen molar-refractivity contribution in [2.24, 2.45) is 0 Å². The van der Waals surface area contributed by atoms with Crippen LogP contribution in [0.4, 0.5) is 4.79 Å². The third-order valence-corrected chi connectivity index (χ3v) is 1.85. The summed E-state index contributed by atoms with van der Waals surface area (Å²) in [6.45, 7) is 5.26. The summed E-state index contributed by atoms with van der Waals surface area (Å²) in [4.78, 5) is 16.0. The Morgan fingerprint density at radius 3 is 2.38 bits per heavy atom. The maximum absolute atomic E-state index is 11.0. The number of nitrogens with zero attached hydrogens (tertiary/aromatic N) is 1. The molecular formula is C9H17NO3. The highest BCUT2D eigenvalue weighted by Gasteiger charge is 2.16. The minimum atomic E-state index is -0.586. The van der Waals surface area contributed by atoms with Crippen LogP contribution in [0.2, 0.25) is 0 Å². The summed E-state index contributed by atoms with van der Waals surface area (Å²) in [5.41, 5.74) is 0. The summed E-state index contributed by atoms with van der Waals surface area (Å²) in [7, 11) is 0. The van der Waals surface area contributed by atoms with E-state index in [-0.39, 0.29) is 6.10 Å². The number of hydroxylamine groups is 2. The van der Waals surface area contributed by atoms with Crippen LogP contribution in [-0.4, -0.2) is 30.4 Å². The van der Waals surface area contributed by atoms with Gasteiger partial charge in [-0.25, -0.2) is 4.79 Å². The van der Waals surface area contributed by atoms with Crippen LogP contribution in [0, 0.1) is 0 Å². The van der Waals surface area contributed by atoms with E-state index in [1.165, 1.54) is 6.42 Å². The Kier molecular flexibility index (Phi) is 4.02. The summed E-state index contributed by atoms with van der Waals surface area (Å²) >= 11 is 0. The maximum atomic E-state index is 11.0. The molecule has 76 valence electrons. The van der Waals surface area contributed by atoms with Gasteiger partial charge in [0.25, 0.3) is 0 Å². The summed E-state index contributed by atoms with van der Waals surface area (Å²) in [5, 5.41) is 1.67. The average Bonchev–Trinajstić information content (AvgIpc) is 2.04. The van der Waals surface area contributed by atoms with Gasteiger partial charge in [-0.05, 0) is 26.7 Å². The van der Waals surface area contributed by atoms with Gasteiger partial charge in [0.2, 0.25) is 0 Å². The smallest absolute Gasteiger partial charge is 0.430 e. The molecule has 1 heterocycles. The molecule has 0 atom stereocenters. The Bertz CT molecular complexity index is 164. The van der Waals surface area contributed by atoms with Crippen molar-refractivity contribution >= 4 is 6.16 Å². The van der Waals surface area contributed by atoms with Crippen LogP contribution in [0.1, 0.15) is 33.1 Å². The molecule has 0 amide bonds. The Hall–Kier alpha value is -0.770. The number of piperidine rings is 1. The van der Waals surface area contributed by atoms with Crippen molar-refractivity contribution in [2.45, 2.75) is 39.2 Å². The standard InChI is InChI=1S/C9H17NO3/c1-8(2)12-9(11)13-10-6-4-3-5-7-10/h8H,3-7H2,1-2H3. The van der Waals surface area contributed by atoms with Crippen LogP contribution in [0.25, 0.3) is 0 Å². The molecule has 0 spiro atoms. The van der Waals surface area contributed by atoms with E-state index < -0.39 is 6.16 Å². The molecule has 13 heavy (non-hydrogen) atoms. The molecule has 0 N–H and O–H groups in total. The second kappa shape index (κ2) is 5.07. The van der Waals surface area contributed by atoms with E-state index in [0.29, 0.717) is 0 Å². The lowest BCUT2D eigenvalue weighted by Gasteiger charge is -2.24. The van der Waals surface area contributed by atoms with Gasteiger partial charge in [0.05, 0.1) is 6.10 Å². The predicted octanol–water partition coefficient (Wildman–Crippen LogP) is 1.95. The first-order chi connectivity index (χ1) is 6.18. The van der Waals surface area contributed by atoms with Crippen LogP contribution in [0.3, 0.4) is 0 Å². The fourth-order valence-electron chi connectivity index (χ4n) is 1.28. The van der Waals surface area contributed by atoms with Crippen LogP contribution < -0.4 is 0 Å². The largest absolute Gasteiger partial charge is 0.528 e. The van der Waals surface area contributed by atoms with Crippen molar-refractivity contribution < 1.29 is 14.4 Å². The Balaban J connectivity index is 2.18. The molecule has 1 fully saturated rings. The number of rotatable bonds is 2. The van der Waals surface area contributed by atoms with Crippen molar-refractivity contribution in [2.75, 3.05) is 13.1 Å². The van der Waals surface area contributed by atoms with Crippen molar-refractivity contribution in [1.29, 1.82) is 0 Å². The predicted molar refractivity (Wildman–Crippen MR) is 48.1 cm³/mol. The molecule has 0 radical (unpaired) electrons. The van der Waals surface area contributed by atoms with Crippen LogP contribution in [0.15, 0.2) is 0 Å². The highest BCUT2D eigenvalue weighted by atomic mass is 16.8. The van der Waals surface area contributed by atoms with Gasteiger partial charge in [-0.1, -0.05) is 6.42 Å². The molecule has 4 heteroatoms. The van der Waals surface area contributed by atoms with Crippen molar-refractivity contribution in [3.05, 3.63) is 0 Å². The second-order valence-electron chi connectivity index (χ2n) is 3.50. The molecule has 1 rings (SSSR count). The minimum Gasteiger partial charge on any atom is -0.430 e. The molecule has 0 aromatic heterocycles. The zero-order valence-electron chi connectivity index (χ0n) is 8.28. The molecule has 0 aromatic carbocycles. The first-order valence-electron chi connectivity index (χ1n) is 4.82. The summed E-state index contributed by atoms with van der Waals surface area (Å²) < 4.78 is 4.85. The number of carbonyl (C=O) groups is 1. The molecule has 0 aliphatic carbocycles. The van der Waals surface area contributed by atoms with Gasteiger partial charge >= 0.3 is 6.16 Å². The number of hydrogen-bond acceptors (Lipinski definition) is 4. The van der Waals surface area contributed by atoms with E-state index in [4.69, 9.17) is 9.57 Å². The SMILES string of the molecule is CC(C)OC(=O)ON1CCCCC1. The van der Waals surface area contributed by atoms with Gasteiger partial charge in [0.15, 0.2) is 0 Å². The molecular weight excluding hydrogens is 170 g/mol. The lowest BCUT2D eigenvalue weighted by Crippen LogP contribution is -2.33. The number of hydrogen-bond donors (Lipinski definition) is 0. The highest BCUT2D eigenvalue weighted by molar-refractivity contribution is 5.59. The maximum Gasteiger partial charge on any atom is 0.528 e. The third kappa shape index (κ3) is 4.12. The Morgan fingerprint density at radius 1 is 1.23 bits per heavy atom. The molecule has 0 bridgehead atoms.